The molecular formula is C24H29N3O3. The summed E-state index contributed by atoms with van der Waals surface area (Å²) in [6, 6.07) is 18.0. The Morgan fingerprint density at radius 1 is 1.07 bits per heavy atom. The lowest BCUT2D eigenvalue weighted by molar-refractivity contribution is -0.123. The van der Waals surface area contributed by atoms with Crippen LogP contribution in [0.15, 0.2) is 59.0 Å². The number of amides is 1. The zero-order chi connectivity index (χ0) is 20.9. The van der Waals surface area contributed by atoms with Gasteiger partial charge in [0.25, 0.3) is 0 Å². The number of hydrogen-bond acceptors (Lipinski definition) is 5. The zero-order valence-electron chi connectivity index (χ0n) is 17.6. The average molecular weight is 408 g/mol. The van der Waals surface area contributed by atoms with E-state index in [-0.39, 0.29) is 11.9 Å². The number of para-hydroxylation sites is 1. The van der Waals surface area contributed by atoms with E-state index in [1.54, 1.807) is 7.11 Å². The van der Waals surface area contributed by atoms with Crippen molar-refractivity contribution < 1.29 is 13.9 Å². The van der Waals surface area contributed by atoms with Gasteiger partial charge in [-0.3, -0.25) is 14.6 Å². The highest BCUT2D eigenvalue weighted by Gasteiger charge is 2.21. The first-order chi connectivity index (χ1) is 14.6. The van der Waals surface area contributed by atoms with Gasteiger partial charge >= 0.3 is 0 Å². The summed E-state index contributed by atoms with van der Waals surface area (Å²) in [5.74, 6) is 1.70. The molecule has 1 amide bonds. The SMILES string of the molecule is COc1ccc(CN2CCN(CC(=O)N[C@H](C)c3cc4ccccc4o3)CC2)cc1. The van der Waals surface area contributed by atoms with Gasteiger partial charge in [0.2, 0.25) is 5.91 Å². The van der Waals surface area contributed by atoms with Crippen molar-refractivity contribution in [2.45, 2.75) is 19.5 Å². The van der Waals surface area contributed by atoms with Crippen LogP contribution >= 0.6 is 0 Å². The lowest BCUT2D eigenvalue weighted by Gasteiger charge is -2.34. The van der Waals surface area contributed by atoms with E-state index < -0.39 is 0 Å². The molecule has 1 fully saturated rings. The Hall–Kier alpha value is -2.83. The molecule has 0 spiro atoms. The summed E-state index contributed by atoms with van der Waals surface area (Å²) >= 11 is 0. The molecule has 2 aromatic carbocycles. The quantitative estimate of drug-likeness (QED) is 0.650. The van der Waals surface area contributed by atoms with Gasteiger partial charge < -0.3 is 14.5 Å². The lowest BCUT2D eigenvalue weighted by atomic mass is 10.2. The number of nitrogens with one attached hydrogen (secondary N) is 1. The smallest absolute Gasteiger partial charge is 0.234 e. The van der Waals surface area contributed by atoms with E-state index in [9.17, 15) is 4.79 Å². The summed E-state index contributed by atoms with van der Waals surface area (Å²) in [7, 11) is 1.68. The minimum Gasteiger partial charge on any atom is -0.497 e. The molecule has 158 valence electrons. The summed E-state index contributed by atoms with van der Waals surface area (Å²) in [5.41, 5.74) is 2.13. The maximum Gasteiger partial charge on any atom is 0.234 e. The van der Waals surface area contributed by atoms with Crippen LogP contribution in [0.4, 0.5) is 0 Å². The van der Waals surface area contributed by atoms with Gasteiger partial charge in [-0.25, -0.2) is 0 Å². The number of piperazine rings is 1. The van der Waals surface area contributed by atoms with Crippen LogP contribution in [0.1, 0.15) is 24.3 Å². The summed E-state index contributed by atoms with van der Waals surface area (Å²) in [6.45, 7) is 7.00. The van der Waals surface area contributed by atoms with Crippen LogP contribution in [0.3, 0.4) is 0 Å². The second-order valence-electron chi connectivity index (χ2n) is 7.88. The van der Waals surface area contributed by atoms with Crippen LogP contribution < -0.4 is 10.1 Å². The molecule has 0 aliphatic carbocycles. The predicted octanol–water partition coefficient (Wildman–Crippen LogP) is 3.44. The molecule has 6 heteroatoms. The molecule has 0 saturated carbocycles. The minimum absolute atomic E-state index is 0.0339. The van der Waals surface area contributed by atoms with Gasteiger partial charge in [-0.05, 0) is 36.8 Å². The van der Waals surface area contributed by atoms with Crippen molar-refractivity contribution in [3.05, 3.63) is 65.9 Å². The van der Waals surface area contributed by atoms with Gasteiger partial charge in [0, 0.05) is 38.1 Å². The highest BCUT2D eigenvalue weighted by molar-refractivity contribution is 5.80. The van der Waals surface area contributed by atoms with Crippen molar-refractivity contribution in [2.75, 3.05) is 39.8 Å². The molecule has 1 aromatic heterocycles. The number of ether oxygens (including phenoxy) is 1. The molecular weight excluding hydrogens is 378 g/mol. The van der Waals surface area contributed by atoms with Crippen molar-refractivity contribution in [1.82, 2.24) is 15.1 Å². The molecule has 1 saturated heterocycles. The van der Waals surface area contributed by atoms with E-state index in [4.69, 9.17) is 9.15 Å². The molecule has 1 N–H and O–H groups in total. The Kier molecular flexibility index (Phi) is 6.35. The number of rotatable bonds is 7. The second kappa shape index (κ2) is 9.32. The van der Waals surface area contributed by atoms with Crippen LogP contribution in [-0.4, -0.2) is 55.5 Å². The zero-order valence-corrected chi connectivity index (χ0v) is 17.6. The van der Waals surface area contributed by atoms with Gasteiger partial charge in [-0.1, -0.05) is 30.3 Å². The minimum atomic E-state index is -0.152. The van der Waals surface area contributed by atoms with Gasteiger partial charge in [-0.2, -0.15) is 0 Å². The summed E-state index contributed by atoms with van der Waals surface area (Å²) < 4.78 is 11.1. The average Bonchev–Trinajstić information content (AvgIpc) is 3.20. The maximum atomic E-state index is 12.5. The first-order valence-corrected chi connectivity index (χ1v) is 10.5. The van der Waals surface area contributed by atoms with Gasteiger partial charge in [0.1, 0.15) is 17.1 Å². The van der Waals surface area contributed by atoms with Gasteiger partial charge in [0.05, 0.1) is 19.7 Å². The highest BCUT2D eigenvalue weighted by Crippen LogP contribution is 2.23. The van der Waals surface area contributed by atoms with Crippen molar-refractivity contribution in [1.29, 1.82) is 0 Å². The standard InChI is InChI=1S/C24H29N3O3/c1-18(23-15-20-5-3-4-6-22(20)30-23)25-24(28)17-27-13-11-26(12-14-27)16-19-7-9-21(29-2)10-8-19/h3-10,15,18H,11-14,16-17H2,1-2H3,(H,25,28)/t18-/m1/s1. The van der Waals surface area contributed by atoms with Gasteiger partial charge in [0.15, 0.2) is 0 Å². The summed E-state index contributed by atoms with van der Waals surface area (Å²) in [4.78, 5) is 17.2. The van der Waals surface area contributed by atoms with Crippen LogP contribution in [0.2, 0.25) is 0 Å². The number of nitrogens with zero attached hydrogens (tertiary/aromatic N) is 2. The fourth-order valence-corrected chi connectivity index (χ4v) is 3.87. The number of carbonyl (C=O) groups is 1. The fraction of sp³-hybridized carbons (Fsp3) is 0.375. The Morgan fingerprint density at radius 3 is 2.47 bits per heavy atom. The van der Waals surface area contributed by atoms with Crippen LogP contribution in [-0.2, 0) is 11.3 Å². The number of hydrogen-bond donors (Lipinski definition) is 1. The number of benzene rings is 2. The first kappa shape index (κ1) is 20.4. The number of methoxy groups -OCH3 is 1. The molecule has 0 radical (unpaired) electrons. The highest BCUT2D eigenvalue weighted by atomic mass is 16.5. The van der Waals surface area contributed by atoms with Crippen LogP contribution in [0, 0.1) is 0 Å². The molecule has 1 aliphatic heterocycles. The lowest BCUT2D eigenvalue weighted by Crippen LogP contribution is -2.49. The normalized spacial score (nSPS) is 16.5. The summed E-state index contributed by atoms with van der Waals surface area (Å²) in [6.07, 6.45) is 0. The van der Waals surface area contributed by atoms with Crippen LogP contribution in [0.5, 0.6) is 5.75 Å². The molecule has 6 nitrogen and oxygen atoms in total. The topological polar surface area (TPSA) is 58.0 Å². The van der Waals surface area contributed by atoms with Gasteiger partial charge in [-0.15, -0.1) is 0 Å². The molecule has 0 bridgehead atoms. The molecule has 4 rings (SSSR count). The van der Waals surface area contributed by atoms with Crippen molar-refractivity contribution in [2.24, 2.45) is 0 Å². The number of fused-ring (bicyclic) bond motifs is 1. The number of furan rings is 1. The van der Waals surface area contributed by atoms with E-state index in [0.717, 1.165) is 55.2 Å². The molecule has 1 aliphatic rings. The maximum absolute atomic E-state index is 12.5. The Labute approximate surface area is 177 Å². The third kappa shape index (κ3) is 5.01. The van der Waals surface area contributed by atoms with E-state index in [1.165, 1.54) is 5.56 Å². The second-order valence-corrected chi connectivity index (χ2v) is 7.88. The molecule has 30 heavy (non-hydrogen) atoms. The van der Waals surface area contributed by atoms with E-state index in [2.05, 4.69) is 27.2 Å². The van der Waals surface area contributed by atoms with Crippen molar-refractivity contribution >= 4 is 16.9 Å². The monoisotopic (exact) mass is 407 g/mol. The summed E-state index contributed by atoms with van der Waals surface area (Å²) in [5, 5.41) is 4.12. The largest absolute Gasteiger partial charge is 0.497 e. The third-order valence-corrected chi connectivity index (χ3v) is 5.65. The van der Waals surface area contributed by atoms with E-state index >= 15 is 0 Å². The Bertz CT molecular complexity index is 942. The molecule has 0 unspecified atom stereocenters. The molecule has 1 atom stereocenters. The number of carbonyl (C=O) groups excluding carboxylic acids is 1. The Balaban J connectivity index is 1.22. The predicted molar refractivity (Wildman–Crippen MR) is 117 cm³/mol. The van der Waals surface area contributed by atoms with E-state index in [1.807, 2.05) is 49.4 Å². The van der Waals surface area contributed by atoms with Crippen molar-refractivity contribution in [3.8, 4) is 5.75 Å². The van der Waals surface area contributed by atoms with Crippen LogP contribution in [0.25, 0.3) is 11.0 Å². The molecule has 3 aromatic rings. The fourth-order valence-electron chi connectivity index (χ4n) is 3.87. The Morgan fingerprint density at radius 2 is 1.77 bits per heavy atom. The first-order valence-electron chi connectivity index (χ1n) is 10.5. The third-order valence-electron chi connectivity index (χ3n) is 5.65. The molecule has 2 heterocycles. The van der Waals surface area contributed by atoms with Crippen molar-refractivity contribution in [3.63, 3.8) is 0 Å². The van der Waals surface area contributed by atoms with E-state index in [0.29, 0.717) is 6.54 Å².